The van der Waals surface area contributed by atoms with Crippen LogP contribution in [0, 0.1) is 0 Å². The lowest BCUT2D eigenvalue weighted by Crippen LogP contribution is -2.42. The first-order chi connectivity index (χ1) is 10.4. The fourth-order valence-electron chi connectivity index (χ4n) is 1.73. The molecule has 0 radical (unpaired) electrons. The van der Waals surface area contributed by atoms with Crippen LogP contribution in [-0.2, 0) is 14.8 Å². The summed E-state index contributed by atoms with van der Waals surface area (Å²) in [6.45, 7) is 4.57. The van der Waals surface area contributed by atoms with Crippen LogP contribution < -0.4 is 15.4 Å². The van der Waals surface area contributed by atoms with Gasteiger partial charge in [-0.2, -0.15) is 0 Å². The Bertz CT molecular complexity index is 400. The largest absolute Gasteiger partial charge is 0.385 e. The quantitative estimate of drug-likeness (QED) is 0.242. The lowest BCUT2D eigenvalue weighted by Gasteiger charge is -2.18. The first-order valence-corrected chi connectivity index (χ1v) is 9.35. The molecule has 3 N–H and O–H groups in total. The molecule has 0 rings (SSSR count). The van der Waals surface area contributed by atoms with Crippen molar-refractivity contribution in [3.63, 3.8) is 0 Å². The molecule has 0 heterocycles. The van der Waals surface area contributed by atoms with E-state index in [1.165, 1.54) is 0 Å². The van der Waals surface area contributed by atoms with E-state index in [1.54, 1.807) is 14.2 Å². The van der Waals surface area contributed by atoms with Crippen LogP contribution in [0.1, 0.15) is 12.8 Å². The van der Waals surface area contributed by atoms with E-state index in [0.29, 0.717) is 19.5 Å². The van der Waals surface area contributed by atoms with E-state index in [-0.39, 0.29) is 0 Å². The number of rotatable bonds is 12. The molecule has 0 bridgehead atoms. The fraction of sp³-hybridized carbons (Fsp3) is 0.923. The topological polar surface area (TPSA) is 95.1 Å². The second-order valence-corrected chi connectivity index (χ2v) is 6.93. The first kappa shape index (κ1) is 21.1. The van der Waals surface area contributed by atoms with Crippen molar-refractivity contribution in [1.29, 1.82) is 0 Å². The van der Waals surface area contributed by atoms with Gasteiger partial charge in [0, 0.05) is 53.5 Å². The number of nitrogens with one attached hydrogen (secondary N) is 3. The Morgan fingerprint density at radius 2 is 1.82 bits per heavy atom. The summed E-state index contributed by atoms with van der Waals surface area (Å²) in [5, 5.41) is 6.37. The number of likely N-dealkylation sites (N-methyl/N-ethyl adjacent to an activating group) is 1. The van der Waals surface area contributed by atoms with E-state index in [9.17, 15) is 8.42 Å². The van der Waals surface area contributed by atoms with Crippen LogP contribution in [0.25, 0.3) is 0 Å². The molecule has 0 amide bonds. The molecule has 0 aromatic heterocycles. The van der Waals surface area contributed by atoms with Crippen LogP contribution in [-0.4, -0.2) is 86.1 Å². The molecular formula is C13H31N5O3S. The minimum absolute atomic E-state index is 0.422. The van der Waals surface area contributed by atoms with E-state index in [0.717, 1.165) is 44.9 Å². The highest BCUT2D eigenvalue weighted by molar-refractivity contribution is 7.88. The highest BCUT2D eigenvalue weighted by atomic mass is 32.2. The molecule has 132 valence electrons. The SMILES string of the molecule is CN=C(NCCCNS(C)(=O)=O)NCCN(C)CCCOC. The Morgan fingerprint density at radius 1 is 1.14 bits per heavy atom. The molecule has 22 heavy (non-hydrogen) atoms. The smallest absolute Gasteiger partial charge is 0.208 e. The Hall–Kier alpha value is -0.900. The van der Waals surface area contributed by atoms with Crippen LogP contribution in [0.15, 0.2) is 4.99 Å². The second-order valence-electron chi connectivity index (χ2n) is 5.10. The molecule has 0 atom stereocenters. The molecule has 0 aliphatic rings. The molecule has 0 unspecified atom stereocenters. The third kappa shape index (κ3) is 14.1. The predicted molar refractivity (Wildman–Crippen MR) is 90.8 cm³/mol. The number of guanidine groups is 1. The van der Waals surface area contributed by atoms with Gasteiger partial charge in [-0.1, -0.05) is 0 Å². The van der Waals surface area contributed by atoms with Crippen molar-refractivity contribution in [2.24, 2.45) is 4.99 Å². The van der Waals surface area contributed by atoms with Crippen LogP contribution in [0.3, 0.4) is 0 Å². The van der Waals surface area contributed by atoms with E-state index in [4.69, 9.17) is 4.74 Å². The van der Waals surface area contributed by atoms with Gasteiger partial charge in [-0.15, -0.1) is 0 Å². The predicted octanol–water partition coefficient (Wildman–Crippen LogP) is -0.941. The minimum atomic E-state index is -3.10. The first-order valence-electron chi connectivity index (χ1n) is 7.45. The third-order valence-electron chi connectivity index (χ3n) is 2.91. The maximum absolute atomic E-state index is 10.9. The molecule has 0 aromatic rings. The molecule has 0 aliphatic heterocycles. The van der Waals surface area contributed by atoms with Crippen molar-refractivity contribution in [3.05, 3.63) is 0 Å². The van der Waals surface area contributed by atoms with Crippen LogP contribution in [0.2, 0.25) is 0 Å². The van der Waals surface area contributed by atoms with Gasteiger partial charge < -0.3 is 20.3 Å². The standard InChI is InChI=1S/C13H31N5O3S/c1-14-13(15-7-5-8-17-22(4,19)20)16-9-11-18(2)10-6-12-21-3/h17H,5-12H2,1-4H3,(H2,14,15,16). The Morgan fingerprint density at radius 3 is 2.41 bits per heavy atom. The van der Waals surface area contributed by atoms with E-state index >= 15 is 0 Å². The van der Waals surface area contributed by atoms with Gasteiger partial charge in [0.2, 0.25) is 10.0 Å². The zero-order valence-electron chi connectivity index (χ0n) is 14.2. The van der Waals surface area contributed by atoms with Crippen LogP contribution in [0.5, 0.6) is 0 Å². The van der Waals surface area contributed by atoms with Crippen molar-refractivity contribution in [2.45, 2.75) is 12.8 Å². The van der Waals surface area contributed by atoms with Gasteiger partial charge in [0.1, 0.15) is 0 Å². The summed E-state index contributed by atoms with van der Waals surface area (Å²) in [7, 11) is 2.40. The highest BCUT2D eigenvalue weighted by Crippen LogP contribution is 1.87. The summed E-state index contributed by atoms with van der Waals surface area (Å²) in [6, 6.07) is 0. The van der Waals surface area contributed by atoms with E-state index in [2.05, 4.69) is 32.3 Å². The van der Waals surface area contributed by atoms with Crippen molar-refractivity contribution in [2.75, 3.05) is 66.8 Å². The lowest BCUT2D eigenvalue weighted by molar-refractivity contribution is 0.180. The molecule has 0 saturated heterocycles. The van der Waals surface area contributed by atoms with Crippen molar-refractivity contribution in [3.8, 4) is 0 Å². The van der Waals surface area contributed by atoms with Gasteiger partial charge >= 0.3 is 0 Å². The molecule has 9 heteroatoms. The maximum Gasteiger partial charge on any atom is 0.208 e. The fourth-order valence-corrected chi connectivity index (χ4v) is 2.24. The maximum atomic E-state index is 10.9. The number of hydrogen-bond acceptors (Lipinski definition) is 5. The monoisotopic (exact) mass is 337 g/mol. The molecule has 0 spiro atoms. The zero-order chi connectivity index (χ0) is 16.8. The average molecular weight is 337 g/mol. The highest BCUT2D eigenvalue weighted by Gasteiger charge is 2.01. The molecular weight excluding hydrogens is 306 g/mol. The number of nitrogens with zero attached hydrogens (tertiary/aromatic N) is 2. The number of ether oxygens (including phenoxy) is 1. The van der Waals surface area contributed by atoms with Crippen molar-refractivity contribution in [1.82, 2.24) is 20.3 Å². The Labute approximate surface area is 134 Å². The molecule has 0 aromatic carbocycles. The normalized spacial score (nSPS) is 12.7. The van der Waals surface area contributed by atoms with Crippen molar-refractivity contribution >= 4 is 16.0 Å². The molecule has 0 saturated carbocycles. The van der Waals surface area contributed by atoms with Crippen LogP contribution >= 0.6 is 0 Å². The summed E-state index contributed by atoms with van der Waals surface area (Å²) in [5.74, 6) is 0.727. The number of sulfonamides is 1. The summed E-state index contributed by atoms with van der Waals surface area (Å²) < 4.78 is 29.3. The van der Waals surface area contributed by atoms with Gasteiger partial charge in [-0.25, -0.2) is 13.1 Å². The molecule has 8 nitrogen and oxygen atoms in total. The molecule has 0 fully saturated rings. The minimum Gasteiger partial charge on any atom is -0.385 e. The van der Waals surface area contributed by atoms with E-state index in [1.807, 2.05) is 0 Å². The van der Waals surface area contributed by atoms with Gasteiger partial charge in [-0.05, 0) is 19.9 Å². The number of hydrogen-bond donors (Lipinski definition) is 3. The lowest BCUT2D eigenvalue weighted by atomic mass is 10.4. The van der Waals surface area contributed by atoms with Crippen molar-refractivity contribution < 1.29 is 13.2 Å². The number of aliphatic imine (C=N–C) groups is 1. The zero-order valence-corrected chi connectivity index (χ0v) is 15.0. The number of methoxy groups -OCH3 is 1. The average Bonchev–Trinajstić information content (AvgIpc) is 2.44. The van der Waals surface area contributed by atoms with E-state index < -0.39 is 10.0 Å². The van der Waals surface area contributed by atoms with Gasteiger partial charge in [-0.3, -0.25) is 4.99 Å². The third-order valence-corrected chi connectivity index (χ3v) is 3.64. The van der Waals surface area contributed by atoms with Gasteiger partial charge in [0.15, 0.2) is 5.96 Å². The summed E-state index contributed by atoms with van der Waals surface area (Å²) in [6.07, 6.45) is 2.88. The van der Waals surface area contributed by atoms with Gasteiger partial charge in [0.05, 0.1) is 6.26 Å². The summed E-state index contributed by atoms with van der Waals surface area (Å²) in [4.78, 5) is 6.36. The van der Waals surface area contributed by atoms with Gasteiger partial charge in [0.25, 0.3) is 0 Å². The summed E-state index contributed by atoms with van der Waals surface area (Å²) in [5.41, 5.74) is 0. The Balaban J connectivity index is 3.67. The second kappa shape index (κ2) is 12.6. The summed E-state index contributed by atoms with van der Waals surface area (Å²) >= 11 is 0. The van der Waals surface area contributed by atoms with Crippen LogP contribution in [0.4, 0.5) is 0 Å². The molecule has 0 aliphatic carbocycles. The Kier molecular flexibility index (Phi) is 12.1.